The summed E-state index contributed by atoms with van der Waals surface area (Å²) in [5.74, 6) is 1.07. The van der Waals surface area contributed by atoms with Gasteiger partial charge >= 0.3 is 5.97 Å². The maximum absolute atomic E-state index is 11.2. The van der Waals surface area contributed by atoms with Gasteiger partial charge < -0.3 is 9.47 Å². The summed E-state index contributed by atoms with van der Waals surface area (Å²) in [7, 11) is 0. The lowest BCUT2D eigenvalue weighted by molar-refractivity contribution is -0.131. The summed E-state index contributed by atoms with van der Waals surface area (Å²) in [5.41, 5.74) is 3.62. The molecular formula is C18H18N2O3S. The molecule has 5 nitrogen and oxygen atoms in total. The summed E-state index contributed by atoms with van der Waals surface area (Å²) in [6.45, 7) is 7.62. The van der Waals surface area contributed by atoms with Crippen molar-refractivity contribution in [3.63, 3.8) is 0 Å². The fraction of sp³-hybridized carbons (Fsp3) is 0.278. The highest BCUT2D eigenvalue weighted by molar-refractivity contribution is 7.17. The molecule has 0 aliphatic heterocycles. The molecule has 2 heterocycles. The van der Waals surface area contributed by atoms with Crippen molar-refractivity contribution < 1.29 is 14.3 Å². The topological polar surface area (TPSA) is 61.3 Å². The van der Waals surface area contributed by atoms with E-state index in [4.69, 9.17) is 9.47 Å². The molecule has 0 spiro atoms. The molecule has 0 fully saturated rings. The lowest BCUT2D eigenvalue weighted by atomic mass is 10.1. The van der Waals surface area contributed by atoms with Crippen LogP contribution in [-0.2, 0) is 11.4 Å². The normalized spacial score (nSPS) is 10.8. The quantitative estimate of drug-likeness (QED) is 0.667. The van der Waals surface area contributed by atoms with Crippen LogP contribution >= 0.6 is 11.3 Å². The van der Waals surface area contributed by atoms with Gasteiger partial charge in [-0.05, 0) is 32.9 Å². The second-order valence-corrected chi connectivity index (χ2v) is 6.47. The monoisotopic (exact) mass is 342 g/mol. The van der Waals surface area contributed by atoms with Crippen LogP contribution in [0.3, 0.4) is 0 Å². The van der Waals surface area contributed by atoms with E-state index in [0.29, 0.717) is 12.4 Å². The number of hydrogen-bond acceptors (Lipinski definition) is 6. The van der Waals surface area contributed by atoms with Crippen LogP contribution in [0.1, 0.15) is 29.6 Å². The minimum Gasteiger partial charge on any atom is -0.487 e. The summed E-state index contributed by atoms with van der Waals surface area (Å²) in [5, 5.41) is 2.77. The van der Waals surface area contributed by atoms with Gasteiger partial charge in [-0.25, -0.2) is 0 Å². The molecule has 3 rings (SSSR count). The van der Waals surface area contributed by atoms with Gasteiger partial charge in [0.05, 0.1) is 17.1 Å². The second kappa shape index (κ2) is 6.57. The zero-order chi connectivity index (χ0) is 17.3. The summed E-state index contributed by atoms with van der Waals surface area (Å²) in [6.07, 6.45) is 1.74. The number of rotatable bonds is 4. The number of thiophene rings is 1. The number of esters is 1. The molecule has 0 bridgehead atoms. The van der Waals surface area contributed by atoms with Crippen LogP contribution < -0.4 is 9.47 Å². The first-order valence-electron chi connectivity index (χ1n) is 7.57. The van der Waals surface area contributed by atoms with Crippen molar-refractivity contribution in [3.8, 4) is 11.5 Å². The molecule has 0 saturated carbocycles. The van der Waals surface area contributed by atoms with E-state index in [9.17, 15) is 4.79 Å². The van der Waals surface area contributed by atoms with E-state index in [-0.39, 0.29) is 5.97 Å². The van der Waals surface area contributed by atoms with E-state index in [0.717, 1.165) is 38.5 Å². The van der Waals surface area contributed by atoms with Gasteiger partial charge in [0.15, 0.2) is 0 Å². The molecule has 0 radical (unpaired) electrons. The van der Waals surface area contributed by atoms with Crippen molar-refractivity contribution in [2.24, 2.45) is 0 Å². The average molecular weight is 342 g/mol. The first kappa shape index (κ1) is 16.4. The van der Waals surface area contributed by atoms with Gasteiger partial charge in [0, 0.05) is 34.2 Å². The lowest BCUT2D eigenvalue weighted by Crippen LogP contribution is -2.04. The van der Waals surface area contributed by atoms with Crippen molar-refractivity contribution in [1.82, 2.24) is 9.97 Å². The Labute approximate surface area is 144 Å². The molecule has 0 aliphatic carbocycles. The number of fused-ring (bicyclic) bond motifs is 1. The van der Waals surface area contributed by atoms with Crippen molar-refractivity contribution in [2.75, 3.05) is 0 Å². The van der Waals surface area contributed by atoms with Crippen molar-refractivity contribution in [3.05, 3.63) is 46.4 Å². The zero-order valence-electron chi connectivity index (χ0n) is 14.0. The third kappa shape index (κ3) is 3.23. The molecule has 0 amide bonds. The Hall–Kier alpha value is -2.47. The Kier molecular flexibility index (Phi) is 4.49. The van der Waals surface area contributed by atoms with Crippen LogP contribution in [0.4, 0.5) is 0 Å². The Bertz CT molecular complexity index is 918. The van der Waals surface area contributed by atoms with Crippen LogP contribution in [0.25, 0.3) is 10.1 Å². The second-order valence-electron chi connectivity index (χ2n) is 5.59. The van der Waals surface area contributed by atoms with Crippen LogP contribution in [-0.4, -0.2) is 15.9 Å². The Morgan fingerprint density at radius 1 is 1.21 bits per heavy atom. The van der Waals surface area contributed by atoms with Gasteiger partial charge in [0.2, 0.25) is 0 Å². The predicted molar refractivity (Wildman–Crippen MR) is 93.7 cm³/mol. The first-order chi connectivity index (χ1) is 11.5. The van der Waals surface area contributed by atoms with Crippen LogP contribution in [0.2, 0.25) is 0 Å². The van der Waals surface area contributed by atoms with E-state index in [1.807, 2.05) is 38.3 Å². The lowest BCUT2D eigenvalue weighted by Gasteiger charge is -2.11. The summed E-state index contributed by atoms with van der Waals surface area (Å²) < 4.78 is 12.2. The molecule has 0 unspecified atom stereocenters. The molecule has 0 saturated heterocycles. The summed E-state index contributed by atoms with van der Waals surface area (Å²) in [4.78, 5) is 19.9. The van der Waals surface area contributed by atoms with Crippen molar-refractivity contribution in [2.45, 2.75) is 34.3 Å². The molecule has 0 N–H and O–H groups in total. The van der Waals surface area contributed by atoms with Crippen LogP contribution in [0, 0.1) is 20.8 Å². The third-order valence-electron chi connectivity index (χ3n) is 3.69. The number of nitrogens with zero attached hydrogens (tertiary/aromatic N) is 2. The molecule has 1 aromatic carbocycles. The van der Waals surface area contributed by atoms with Crippen LogP contribution in [0.5, 0.6) is 11.5 Å². The minimum atomic E-state index is -0.318. The van der Waals surface area contributed by atoms with Gasteiger partial charge in [-0.2, -0.15) is 0 Å². The molecule has 0 atom stereocenters. The highest BCUT2D eigenvalue weighted by Crippen LogP contribution is 2.38. The molecule has 0 aliphatic rings. The number of ether oxygens (including phenoxy) is 2. The smallest absolute Gasteiger partial charge is 0.308 e. The van der Waals surface area contributed by atoms with E-state index in [2.05, 4.69) is 9.97 Å². The fourth-order valence-corrected chi connectivity index (χ4v) is 3.47. The predicted octanol–water partition coefficient (Wildman–Crippen LogP) is 4.12. The maximum atomic E-state index is 11.2. The molecule has 24 heavy (non-hydrogen) atoms. The number of aryl methyl sites for hydroxylation is 3. The Balaban J connectivity index is 1.85. The largest absolute Gasteiger partial charge is 0.487 e. The molecule has 3 aromatic rings. The number of carbonyl (C=O) groups is 1. The van der Waals surface area contributed by atoms with E-state index < -0.39 is 0 Å². The standard InChI is InChI=1S/C18H18N2O3S/c1-10-7-19-15(12(3)20-10)8-22-16-6-5-14-17(23-13(4)21)9-24-18(14)11(16)2/h5-7,9H,8H2,1-4H3. The first-order valence-corrected chi connectivity index (χ1v) is 8.45. The SMILES string of the molecule is CC(=O)Oc1csc2c(C)c(OCc3ncc(C)nc3C)ccc12. The number of benzene rings is 1. The number of aromatic nitrogens is 2. The minimum absolute atomic E-state index is 0.318. The van der Waals surface area contributed by atoms with Gasteiger partial charge in [0.25, 0.3) is 0 Å². The van der Waals surface area contributed by atoms with Gasteiger partial charge in [0.1, 0.15) is 18.1 Å². The highest BCUT2D eigenvalue weighted by Gasteiger charge is 2.13. The molecule has 124 valence electrons. The summed E-state index contributed by atoms with van der Waals surface area (Å²) in [6, 6.07) is 3.81. The van der Waals surface area contributed by atoms with Crippen molar-refractivity contribution in [1.29, 1.82) is 0 Å². The van der Waals surface area contributed by atoms with E-state index >= 15 is 0 Å². The Morgan fingerprint density at radius 2 is 2.00 bits per heavy atom. The summed E-state index contributed by atoms with van der Waals surface area (Å²) >= 11 is 1.54. The maximum Gasteiger partial charge on any atom is 0.308 e. The van der Waals surface area contributed by atoms with Gasteiger partial charge in [-0.1, -0.05) is 0 Å². The van der Waals surface area contributed by atoms with Crippen LogP contribution in [0.15, 0.2) is 23.7 Å². The molecule has 6 heteroatoms. The molecular weight excluding hydrogens is 324 g/mol. The van der Waals surface area contributed by atoms with E-state index in [1.165, 1.54) is 18.3 Å². The zero-order valence-corrected chi connectivity index (χ0v) is 14.9. The fourth-order valence-electron chi connectivity index (χ4n) is 2.50. The molecule has 2 aromatic heterocycles. The number of carbonyl (C=O) groups excluding carboxylic acids is 1. The van der Waals surface area contributed by atoms with Gasteiger partial charge in [-0.3, -0.25) is 14.8 Å². The average Bonchev–Trinajstić information content (AvgIpc) is 2.91. The highest BCUT2D eigenvalue weighted by atomic mass is 32.1. The number of hydrogen-bond donors (Lipinski definition) is 0. The Morgan fingerprint density at radius 3 is 2.71 bits per heavy atom. The van der Waals surface area contributed by atoms with E-state index in [1.54, 1.807) is 6.20 Å². The third-order valence-corrected chi connectivity index (χ3v) is 4.79. The van der Waals surface area contributed by atoms with Gasteiger partial charge in [-0.15, -0.1) is 11.3 Å². The van der Waals surface area contributed by atoms with Crippen molar-refractivity contribution >= 4 is 27.4 Å².